The van der Waals surface area contributed by atoms with E-state index in [0.717, 1.165) is 57.8 Å². The molecule has 4 nitrogen and oxygen atoms in total. The minimum atomic E-state index is -0.730. The van der Waals surface area contributed by atoms with Crippen molar-refractivity contribution in [2.45, 2.75) is 193 Å². The highest BCUT2D eigenvalue weighted by Crippen LogP contribution is 2.17. The molecule has 234 valence electrons. The first-order chi connectivity index (χ1) is 19.6. The largest absolute Gasteiger partial charge is 0.481 e. The monoisotopic (exact) mass is 562 g/mol. The molecule has 4 heteroatoms. The summed E-state index contributed by atoms with van der Waals surface area (Å²) >= 11 is 0. The molecule has 0 aliphatic heterocycles. The first-order valence-corrected chi connectivity index (χ1v) is 17.3. The number of carboxylic acid groups (broad SMARTS) is 1. The minimum absolute atomic E-state index is 0.00566. The number of ether oxygens (including phenoxy) is 1. The van der Waals surface area contributed by atoms with Crippen molar-refractivity contribution in [1.29, 1.82) is 0 Å². The van der Waals surface area contributed by atoms with Gasteiger partial charge in [0.25, 0.3) is 0 Å². The van der Waals surface area contributed by atoms with E-state index >= 15 is 0 Å². The predicted molar refractivity (Wildman–Crippen MR) is 172 cm³/mol. The molecule has 0 aromatic rings. The van der Waals surface area contributed by atoms with Crippen molar-refractivity contribution >= 4 is 11.9 Å². The molecule has 0 aromatic heterocycles. The van der Waals surface area contributed by atoms with Crippen LogP contribution in [0.15, 0.2) is 24.3 Å². The van der Waals surface area contributed by atoms with Gasteiger partial charge in [0.05, 0.1) is 0 Å². The van der Waals surface area contributed by atoms with Crippen molar-refractivity contribution in [3.63, 3.8) is 0 Å². The van der Waals surface area contributed by atoms with Crippen LogP contribution in [0.3, 0.4) is 0 Å². The molecule has 0 heterocycles. The molecule has 0 amide bonds. The van der Waals surface area contributed by atoms with Gasteiger partial charge in [-0.05, 0) is 70.6 Å². The summed E-state index contributed by atoms with van der Waals surface area (Å²) in [5.74, 6) is -0.776. The van der Waals surface area contributed by atoms with Crippen LogP contribution < -0.4 is 0 Å². The maximum absolute atomic E-state index is 12.4. The molecule has 0 bridgehead atoms. The van der Waals surface area contributed by atoms with Crippen molar-refractivity contribution in [1.82, 2.24) is 0 Å². The zero-order chi connectivity index (χ0) is 29.4. The molecule has 40 heavy (non-hydrogen) atoms. The summed E-state index contributed by atoms with van der Waals surface area (Å²) in [5.41, 5.74) is 0. The molecule has 0 aliphatic carbocycles. The molecule has 1 atom stereocenters. The highest BCUT2D eigenvalue weighted by atomic mass is 16.5. The third kappa shape index (κ3) is 31.0. The highest BCUT2D eigenvalue weighted by Gasteiger charge is 2.14. The molecule has 1 unspecified atom stereocenters. The third-order valence-corrected chi connectivity index (χ3v) is 7.68. The summed E-state index contributed by atoms with van der Waals surface area (Å²) in [7, 11) is 0. The zero-order valence-corrected chi connectivity index (χ0v) is 26.7. The van der Waals surface area contributed by atoms with Gasteiger partial charge in [0.2, 0.25) is 0 Å². The number of unbranched alkanes of at least 4 members (excludes halogenated alkanes) is 18. The Balaban J connectivity index is 3.61. The fraction of sp³-hybridized carbons (Fsp3) is 0.833. The Morgan fingerprint density at radius 2 is 0.975 bits per heavy atom. The van der Waals surface area contributed by atoms with E-state index in [9.17, 15) is 9.59 Å². The Bertz CT molecular complexity index is 610. The van der Waals surface area contributed by atoms with Gasteiger partial charge in [-0.1, -0.05) is 128 Å². The van der Waals surface area contributed by atoms with E-state index in [-0.39, 0.29) is 18.5 Å². The summed E-state index contributed by atoms with van der Waals surface area (Å²) in [6.45, 7) is 4.45. The number of hydrogen-bond donors (Lipinski definition) is 1. The predicted octanol–water partition coefficient (Wildman–Crippen LogP) is 11.7. The second kappa shape index (κ2) is 31.9. The van der Waals surface area contributed by atoms with Crippen molar-refractivity contribution in [2.75, 3.05) is 0 Å². The number of hydrogen-bond acceptors (Lipinski definition) is 3. The lowest BCUT2D eigenvalue weighted by Crippen LogP contribution is -2.18. The van der Waals surface area contributed by atoms with Crippen LogP contribution >= 0.6 is 0 Å². The number of rotatable bonds is 31. The summed E-state index contributed by atoms with van der Waals surface area (Å²) in [6, 6.07) is 0. The number of carboxylic acids is 1. The van der Waals surface area contributed by atoms with Crippen LogP contribution in [0.25, 0.3) is 0 Å². The van der Waals surface area contributed by atoms with E-state index in [4.69, 9.17) is 9.84 Å². The molecule has 0 aliphatic rings. The Kier molecular flexibility index (Phi) is 30.7. The first kappa shape index (κ1) is 38.4. The summed E-state index contributed by atoms with van der Waals surface area (Å²) in [5, 5.41) is 8.77. The summed E-state index contributed by atoms with van der Waals surface area (Å²) in [6.07, 6.45) is 39.4. The Morgan fingerprint density at radius 1 is 0.550 bits per heavy atom. The van der Waals surface area contributed by atoms with Crippen LogP contribution in [0.5, 0.6) is 0 Å². The molecule has 0 radical (unpaired) electrons. The maximum Gasteiger partial charge on any atom is 0.306 e. The highest BCUT2D eigenvalue weighted by molar-refractivity contribution is 5.69. The minimum Gasteiger partial charge on any atom is -0.481 e. The van der Waals surface area contributed by atoms with E-state index in [1.54, 1.807) is 0 Å². The van der Waals surface area contributed by atoms with Crippen molar-refractivity contribution in [3.05, 3.63) is 24.3 Å². The molecule has 0 saturated heterocycles. The molecule has 0 saturated carbocycles. The van der Waals surface area contributed by atoms with Gasteiger partial charge in [0.1, 0.15) is 6.10 Å². The number of esters is 1. The van der Waals surface area contributed by atoms with Gasteiger partial charge in [-0.2, -0.15) is 0 Å². The number of carbonyl (C=O) groups is 2. The number of carbonyl (C=O) groups excluding carboxylic acids is 1. The van der Waals surface area contributed by atoms with Crippen molar-refractivity contribution in [3.8, 4) is 0 Å². The lowest BCUT2D eigenvalue weighted by atomic mass is 10.0. The van der Waals surface area contributed by atoms with Crippen LogP contribution in [0.2, 0.25) is 0 Å². The average Bonchev–Trinajstić information content (AvgIpc) is 2.93. The topological polar surface area (TPSA) is 63.6 Å². The quantitative estimate of drug-likeness (QED) is 0.0518. The second-order valence-corrected chi connectivity index (χ2v) is 11.7. The van der Waals surface area contributed by atoms with E-state index in [0.29, 0.717) is 12.8 Å². The molecule has 1 N–H and O–H groups in total. The van der Waals surface area contributed by atoms with Gasteiger partial charge in [-0.25, -0.2) is 0 Å². The molecular formula is C36H66O4. The Hall–Kier alpha value is -1.58. The van der Waals surface area contributed by atoms with Crippen LogP contribution in [-0.4, -0.2) is 23.1 Å². The Labute approximate surface area is 248 Å². The number of allylic oxidation sites excluding steroid dienone is 4. The van der Waals surface area contributed by atoms with Crippen LogP contribution in [0.4, 0.5) is 0 Å². The molecule has 0 fully saturated rings. The van der Waals surface area contributed by atoms with Crippen LogP contribution in [-0.2, 0) is 14.3 Å². The second-order valence-electron chi connectivity index (χ2n) is 11.7. The van der Waals surface area contributed by atoms with Gasteiger partial charge in [0, 0.05) is 12.8 Å². The molecular weight excluding hydrogens is 496 g/mol. The average molecular weight is 563 g/mol. The lowest BCUT2D eigenvalue weighted by Gasteiger charge is -2.18. The van der Waals surface area contributed by atoms with Gasteiger partial charge < -0.3 is 9.84 Å². The fourth-order valence-electron chi connectivity index (χ4n) is 5.10. The van der Waals surface area contributed by atoms with E-state index in [1.807, 2.05) is 0 Å². The van der Waals surface area contributed by atoms with Gasteiger partial charge in [-0.15, -0.1) is 0 Å². The smallest absolute Gasteiger partial charge is 0.306 e. The Morgan fingerprint density at radius 3 is 1.52 bits per heavy atom. The number of aliphatic carboxylic acids is 1. The maximum atomic E-state index is 12.4. The lowest BCUT2D eigenvalue weighted by molar-refractivity contribution is -0.150. The normalized spacial score (nSPS) is 12.4. The van der Waals surface area contributed by atoms with Gasteiger partial charge >= 0.3 is 11.9 Å². The summed E-state index contributed by atoms with van der Waals surface area (Å²) in [4.78, 5) is 23.0. The van der Waals surface area contributed by atoms with Crippen molar-refractivity contribution < 1.29 is 19.4 Å². The SMILES string of the molecule is CCCCCCC/C=C\C/C=C\CCCCCCCCCCCC(=O)OC(CCCCC)CCCCCC(=O)O. The zero-order valence-electron chi connectivity index (χ0n) is 26.7. The standard InChI is InChI=1S/C36H66O4/c1-3-5-7-8-9-10-11-12-13-14-15-16-17-18-19-20-21-22-23-24-29-33-36(39)40-34(30-26-6-4-2)31-27-25-28-32-35(37)38/h11-12,14-15,34H,3-10,13,16-33H2,1-2H3,(H,37,38)/b12-11-,15-14-. The third-order valence-electron chi connectivity index (χ3n) is 7.68. The van der Waals surface area contributed by atoms with Crippen LogP contribution in [0, 0.1) is 0 Å². The molecule has 0 aromatic carbocycles. The van der Waals surface area contributed by atoms with Crippen molar-refractivity contribution in [2.24, 2.45) is 0 Å². The van der Waals surface area contributed by atoms with E-state index in [2.05, 4.69) is 38.2 Å². The van der Waals surface area contributed by atoms with Gasteiger partial charge in [0.15, 0.2) is 0 Å². The molecule has 0 rings (SSSR count). The van der Waals surface area contributed by atoms with E-state index < -0.39 is 5.97 Å². The first-order valence-electron chi connectivity index (χ1n) is 17.3. The van der Waals surface area contributed by atoms with Gasteiger partial charge in [-0.3, -0.25) is 9.59 Å². The summed E-state index contributed by atoms with van der Waals surface area (Å²) < 4.78 is 5.81. The van der Waals surface area contributed by atoms with E-state index in [1.165, 1.54) is 96.3 Å². The van der Waals surface area contributed by atoms with Crippen LogP contribution in [0.1, 0.15) is 187 Å². The molecule has 0 spiro atoms. The fourth-order valence-corrected chi connectivity index (χ4v) is 5.10.